The van der Waals surface area contributed by atoms with Crippen molar-refractivity contribution >= 4 is 0 Å². The molecule has 25 heavy (non-hydrogen) atoms. The second-order valence-corrected chi connectivity index (χ2v) is 9.57. The Kier molecular flexibility index (Phi) is 3.89. The van der Waals surface area contributed by atoms with Gasteiger partial charge in [0, 0.05) is 0 Å². The van der Waals surface area contributed by atoms with Gasteiger partial charge in [-0.1, -0.05) is 32.8 Å². The molecule has 1 N–H and O–H groups in total. The first kappa shape index (κ1) is 17.2. The Hall–Kier alpha value is -1.20. The van der Waals surface area contributed by atoms with Gasteiger partial charge in [0.1, 0.15) is 5.76 Å². The van der Waals surface area contributed by atoms with Crippen LogP contribution in [0.3, 0.4) is 0 Å². The van der Waals surface area contributed by atoms with Crippen molar-refractivity contribution in [3.8, 4) is 12.3 Å². The summed E-state index contributed by atoms with van der Waals surface area (Å²) in [5, 5.41) is 10.8. The van der Waals surface area contributed by atoms with Gasteiger partial charge in [-0.05, 0) is 78.3 Å². The first-order valence-corrected chi connectivity index (χ1v) is 9.95. The number of ether oxygens (including phenoxy) is 1. The number of aliphatic hydroxyl groups excluding tert-OH is 1. The van der Waals surface area contributed by atoms with Crippen LogP contribution in [0.5, 0.6) is 0 Å². The summed E-state index contributed by atoms with van der Waals surface area (Å²) in [6, 6.07) is 0. The first-order chi connectivity index (χ1) is 11.8. The maximum absolute atomic E-state index is 10.8. The summed E-state index contributed by atoms with van der Waals surface area (Å²) in [4.78, 5) is 0. The maximum Gasteiger partial charge on any atom is 0.111 e. The number of hydrogen-bond donors (Lipinski definition) is 1. The smallest absolute Gasteiger partial charge is 0.111 e. The zero-order chi connectivity index (χ0) is 18.0. The van der Waals surface area contributed by atoms with E-state index in [2.05, 4.69) is 38.8 Å². The van der Waals surface area contributed by atoms with Crippen LogP contribution in [0.2, 0.25) is 0 Å². The molecule has 0 aliphatic heterocycles. The molecule has 0 radical (unpaired) electrons. The second-order valence-electron chi connectivity index (χ2n) is 9.57. The summed E-state index contributed by atoms with van der Waals surface area (Å²) in [5.41, 5.74) is 1.70. The number of aliphatic hydroxyl groups is 1. The summed E-state index contributed by atoms with van der Waals surface area (Å²) in [6.07, 6.45) is 16.1. The lowest BCUT2D eigenvalue weighted by molar-refractivity contribution is -0.0688. The van der Waals surface area contributed by atoms with E-state index in [4.69, 9.17) is 11.2 Å². The Morgan fingerprint density at radius 1 is 1.32 bits per heavy atom. The summed E-state index contributed by atoms with van der Waals surface area (Å²) in [6.45, 7) is 7.01. The topological polar surface area (TPSA) is 29.5 Å². The Labute approximate surface area is 152 Å². The predicted molar refractivity (Wildman–Crippen MR) is 100 cm³/mol. The van der Waals surface area contributed by atoms with Crippen LogP contribution in [-0.2, 0) is 4.74 Å². The van der Waals surface area contributed by atoms with E-state index >= 15 is 0 Å². The molecule has 2 fully saturated rings. The first-order valence-electron chi connectivity index (χ1n) is 9.95. The highest BCUT2D eigenvalue weighted by atomic mass is 16.5. The van der Waals surface area contributed by atoms with E-state index < -0.39 is 0 Å². The average Bonchev–Trinajstić information content (AvgIpc) is 2.84. The van der Waals surface area contributed by atoms with Crippen LogP contribution in [0, 0.1) is 52.8 Å². The SMILES string of the molecule is C#CC1C[C@@]2(C)C(=CC[C@H]3[C@@H]4C[C@H](C)[C@H](O)[C@@]4(C)CC[C@@H]32)C=C1OC. The molecule has 4 aliphatic rings. The number of methoxy groups -OCH3 is 1. The van der Waals surface area contributed by atoms with Crippen LogP contribution < -0.4 is 0 Å². The van der Waals surface area contributed by atoms with Crippen molar-refractivity contribution in [3.63, 3.8) is 0 Å². The van der Waals surface area contributed by atoms with Gasteiger partial charge in [-0.15, -0.1) is 6.42 Å². The molecule has 8 atom stereocenters. The van der Waals surface area contributed by atoms with Crippen LogP contribution in [0.1, 0.15) is 52.9 Å². The zero-order valence-corrected chi connectivity index (χ0v) is 16.1. The summed E-state index contributed by atoms with van der Waals surface area (Å²) >= 11 is 0. The van der Waals surface area contributed by atoms with Gasteiger partial charge in [-0.3, -0.25) is 0 Å². The molecule has 136 valence electrons. The molecule has 0 bridgehead atoms. The summed E-state index contributed by atoms with van der Waals surface area (Å²) in [7, 11) is 1.73. The van der Waals surface area contributed by atoms with Crippen molar-refractivity contribution < 1.29 is 9.84 Å². The lowest BCUT2D eigenvalue weighted by atomic mass is 9.48. The zero-order valence-electron chi connectivity index (χ0n) is 16.1. The van der Waals surface area contributed by atoms with Crippen molar-refractivity contribution in [2.45, 2.75) is 59.0 Å². The van der Waals surface area contributed by atoms with Gasteiger partial charge in [0.25, 0.3) is 0 Å². The predicted octanol–water partition coefficient (Wildman–Crippen LogP) is 4.56. The van der Waals surface area contributed by atoms with Gasteiger partial charge in [0.2, 0.25) is 0 Å². The summed E-state index contributed by atoms with van der Waals surface area (Å²) < 4.78 is 5.58. The monoisotopic (exact) mass is 340 g/mol. The minimum Gasteiger partial charge on any atom is -0.500 e. The van der Waals surface area contributed by atoms with Gasteiger partial charge >= 0.3 is 0 Å². The molecule has 0 amide bonds. The third-order valence-corrected chi connectivity index (χ3v) is 8.51. The molecule has 4 aliphatic carbocycles. The highest BCUT2D eigenvalue weighted by Crippen LogP contribution is 2.65. The van der Waals surface area contributed by atoms with Crippen molar-refractivity contribution in [2.75, 3.05) is 7.11 Å². The number of fused-ring (bicyclic) bond motifs is 5. The van der Waals surface area contributed by atoms with E-state index in [-0.39, 0.29) is 22.9 Å². The summed E-state index contributed by atoms with van der Waals surface area (Å²) in [5.74, 6) is 6.44. The van der Waals surface area contributed by atoms with Gasteiger partial charge in [0.15, 0.2) is 0 Å². The van der Waals surface area contributed by atoms with Crippen molar-refractivity contribution in [1.29, 1.82) is 0 Å². The molecule has 4 rings (SSSR count). The molecular weight excluding hydrogens is 308 g/mol. The quantitative estimate of drug-likeness (QED) is 0.709. The fraction of sp³-hybridized carbons (Fsp3) is 0.739. The minimum atomic E-state index is -0.138. The van der Waals surface area contributed by atoms with E-state index in [1.165, 1.54) is 18.4 Å². The molecular formula is C23H32O2. The van der Waals surface area contributed by atoms with Crippen molar-refractivity contribution in [1.82, 2.24) is 0 Å². The van der Waals surface area contributed by atoms with E-state index in [1.807, 2.05) is 0 Å². The second kappa shape index (κ2) is 5.65. The lowest BCUT2D eigenvalue weighted by Crippen LogP contribution is -2.50. The molecule has 0 aromatic heterocycles. The van der Waals surface area contributed by atoms with E-state index in [0.717, 1.165) is 25.0 Å². The van der Waals surface area contributed by atoms with Crippen molar-refractivity contribution in [2.24, 2.45) is 40.4 Å². The van der Waals surface area contributed by atoms with Gasteiger partial charge in [-0.25, -0.2) is 0 Å². The number of hydrogen-bond acceptors (Lipinski definition) is 2. The Bertz CT molecular complexity index is 668. The molecule has 2 saturated carbocycles. The van der Waals surface area contributed by atoms with Gasteiger partial charge in [-0.2, -0.15) is 0 Å². The molecule has 0 aromatic carbocycles. The van der Waals surface area contributed by atoms with E-state index in [0.29, 0.717) is 23.7 Å². The molecule has 0 heterocycles. The number of terminal acetylenes is 1. The largest absolute Gasteiger partial charge is 0.500 e. The molecule has 0 saturated heterocycles. The van der Waals surface area contributed by atoms with Gasteiger partial charge in [0.05, 0.1) is 19.1 Å². The van der Waals surface area contributed by atoms with Crippen LogP contribution >= 0.6 is 0 Å². The van der Waals surface area contributed by atoms with Crippen LogP contribution in [-0.4, -0.2) is 18.3 Å². The van der Waals surface area contributed by atoms with E-state index in [1.54, 1.807) is 7.11 Å². The third kappa shape index (κ3) is 2.21. The Morgan fingerprint density at radius 2 is 2.08 bits per heavy atom. The lowest BCUT2D eigenvalue weighted by Gasteiger charge is -2.57. The Morgan fingerprint density at radius 3 is 2.76 bits per heavy atom. The third-order valence-electron chi connectivity index (χ3n) is 8.51. The maximum atomic E-state index is 10.8. The normalized spacial score (nSPS) is 51.4. The molecule has 0 spiro atoms. The van der Waals surface area contributed by atoms with Crippen LogP contribution in [0.25, 0.3) is 0 Å². The Balaban J connectivity index is 1.72. The number of allylic oxidation sites excluding steroid dienone is 4. The molecule has 2 heteroatoms. The molecule has 1 unspecified atom stereocenters. The van der Waals surface area contributed by atoms with Crippen molar-refractivity contribution in [3.05, 3.63) is 23.5 Å². The fourth-order valence-electron chi connectivity index (χ4n) is 7.07. The van der Waals surface area contributed by atoms with E-state index in [9.17, 15) is 5.11 Å². The highest BCUT2D eigenvalue weighted by Gasteiger charge is 2.60. The average molecular weight is 341 g/mol. The standard InChI is InChI=1S/C23H32O2/c1-6-15-13-23(4)16(12-20(15)25-5)7-8-17-18(23)9-10-22(3)19(17)11-14(2)21(22)24/h1,7,12,14-15,17-19,21,24H,8-11,13H2,2-5H3/t14-,15?,17+,18-,19-,21-,22-,23-/m0/s1. The fourth-order valence-corrected chi connectivity index (χ4v) is 7.07. The minimum absolute atomic E-state index is 0.0901. The van der Waals surface area contributed by atoms with Gasteiger partial charge < -0.3 is 9.84 Å². The molecule has 2 nitrogen and oxygen atoms in total. The van der Waals surface area contributed by atoms with Crippen LogP contribution in [0.4, 0.5) is 0 Å². The van der Waals surface area contributed by atoms with Crippen LogP contribution in [0.15, 0.2) is 23.5 Å². The number of rotatable bonds is 1. The molecule has 0 aromatic rings. The highest BCUT2D eigenvalue weighted by molar-refractivity contribution is 5.39.